The molecule has 0 radical (unpaired) electrons. The molecule has 2 aromatic carbocycles. The number of hydrogen-bond donors (Lipinski definition) is 1. The number of halogens is 1. The second kappa shape index (κ2) is 6.22. The Bertz CT molecular complexity index is 508. The summed E-state index contributed by atoms with van der Waals surface area (Å²) in [6, 6.07) is 17.3. The van der Waals surface area contributed by atoms with E-state index in [9.17, 15) is 4.79 Å². The third kappa shape index (κ3) is 3.11. The summed E-state index contributed by atoms with van der Waals surface area (Å²) in [5.74, 6) is -0.0576. The molecule has 0 aromatic heterocycles. The molecule has 0 spiro atoms. The molecule has 3 heteroatoms. The van der Waals surface area contributed by atoms with E-state index in [-0.39, 0.29) is 24.1 Å². The van der Waals surface area contributed by atoms with Crippen LogP contribution in [0, 0.1) is 0 Å². The van der Waals surface area contributed by atoms with Crippen LogP contribution in [0.1, 0.15) is 24.0 Å². The number of nitrogen functional groups attached to an aromatic ring is 1. The number of hydrogen-bond acceptors (Lipinski definition) is 2. The van der Waals surface area contributed by atoms with Crippen LogP contribution in [-0.4, -0.2) is 5.78 Å². The molecule has 0 fully saturated rings. The molecule has 2 nitrogen and oxygen atoms in total. The van der Waals surface area contributed by atoms with E-state index in [1.54, 1.807) is 6.92 Å². The van der Waals surface area contributed by atoms with Crippen molar-refractivity contribution in [3.63, 3.8) is 0 Å². The number of rotatable bonds is 3. The summed E-state index contributed by atoms with van der Waals surface area (Å²) < 4.78 is 0. The predicted molar refractivity (Wildman–Crippen MR) is 77.1 cm³/mol. The van der Waals surface area contributed by atoms with Crippen molar-refractivity contribution < 1.29 is 4.79 Å². The van der Waals surface area contributed by atoms with E-state index < -0.39 is 0 Å². The van der Waals surface area contributed by atoms with Crippen molar-refractivity contribution in [1.29, 1.82) is 0 Å². The van der Waals surface area contributed by atoms with Gasteiger partial charge in [0.15, 0.2) is 0 Å². The Labute approximate surface area is 113 Å². The number of carbonyl (C=O) groups excluding carboxylic acids is 1. The highest BCUT2D eigenvalue weighted by Crippen LogP contribution is 2.26. The molecule has 0 heterocycles. The summed E-state index contributed by atoms with van der Waals surface area (Å²) in [4.78, 5) is 11.8. The summed E-state index contributed by atoms with van der Waals surface area (Å²) in [5.41, 5.74) is 8.37. The Morgan fingerprint density at radius 1 is 0.944 bits per heavy atom. The van der Waals surface area contributed by atoms with Gasteiger partial charge >= 0.3 is 0 Å². The fraction of sp³-hybridized carbons (Fsp3) is 0.133. The maximum Gasteiger partial charge on any atom is 0.141 e. The van der Waals surface area contributed by atoms with Crippen molar-refractivity contribution in [2.75, 3.05) is 5.73 Å². The minimum atomic E-state index is -0.197. The molecule has 0 aliphatic heterocycles. The number of nitrogens with two attached hydrogens (primary N) is 1. The van der Waals surface area contributed by atoms with Gasteiger partial charge in [0.05, 0.1) is 5.92 Å². The lowest BCUT2D eigenvalue weighted by Gasteiger charge is -2.14. The van der Waals surface area contributed by atoms with Crippen molar-refractivity contribution in [3.8, 4) is 0 Å². The zero-order chi connectivity index (χ0) is 12.3. The smallest absolute Gasteiger partial charge is 0.141 e. The van der Waals surface area contributed by atoms with Gasteiger partial charge in [0.25, 0.3) is 0 Å². The van der Waals surface area contributed by atoms with Crippen LogP contribution in [-0.2, 0) is 4.79 Å². The van der Waals surface area contributed by atoms with E-state index in [1.807, 2.05) is 54.6 Å². The number of Topliss-reactive ketones (excluding diaryl/α,β-unsaturated/α-hetero) is 1. The van der Waals surface area contributed by atoms with Crippen LogP contribution in [0.4, 0.5) is 5.69 Å². The van der Waals surface area contributed by atoms with Crippen molar-refractivity contribution in [3.05, 3.63) is 65.7 Å². The molecule has 1 unspecified atom stereocenters. The van der Waals surface area contributed by atoms with E-state index in [4.69, 9.17) is 5.73 Å². The maximum absolute atomic E-state index is 11.8. The second-order valence-corrected chi connectivity index (χ2v) is 4.12. The van der Waals surface area contributed by atoms with Gasteiger partial charge in [-0.15, -0.1) is 12.4 Å². The maximum atomic E-state index is 11.8. The number of ketones is 1. The van der Waals surface area contributed by atoms with Crippen LogP contribution < -0.4 is 5.73 Å². The van der Waals surface area contributed by atoms with Crippen LogP contribution in [0.2, 0.25) is 0 Å². The fourth-order valence-electron chi connectivity index (χ4n) is 2.00. The molecule has 0 saturated heterocycles. The number of anilines is 1. The molecule has 0 amide bonds. The Balaban J connectivity index is 0.00000162. The van der Waals surface area contributed by atoms with Gasteiger partial charge in [0, 0.05) is 5.69 Å². The average Bonchev–Trinajstić information content (AvgIpc) is 2.33. The van der Waals surface area contributed by atoms with Gasteiger partial charge < -0.3 is 5.73 Å². The van der Waals surface area contributed by atoms with Gasteiger partial charge in [-0.2, -0.15) is 0 Å². The zero-order valence-electron chi connectivity index (χ0n) is 10.2. The first kappa shape index (κ1) is 14.3. The van der Waals surface area contributed by atoms with Crippen LogP contribution in [0.3, 0.4) is 0 Å². The molecular formula is C15H16ClNO. The molecule has 2 aromatic rings. The predicted octanol–water partition coefficient (Wildman–Crippen LogP) is 3.41. The van der Waals surface area contributed by atoms with Crippen molar-refractivity contribution in [2.24, 2.45) is 0 Å². The largest absolute Gasteiger partial charge is 0.399 e. The first-order valence-corrected chi connectivity index (χ1v) is 5.59. The highest BCUT2D eigenvalue weighted by Gasteiger charge is 2.18. The van der Waals surface area contributed by atoms with Gasteiger partial charge in [-0.25, -0.2) is 0 Å². The van der Waals surface area contributed by atoms with Crippen LogP contribution in [0.15, 0.2) is 54.6 Å². The Morgan fingerprint density at radius 3 is 1.94 bits per heavy atom. The van der Waals surface area contributed by atoms with E-state index in [0.717, 1.165) is 11.1 Å². The molecule has 94 valence electrons. The summed E-state index contributed by atoms with van der Waals surface area (Å²) in [5, 5.41) is 0. The van der Waals surface area contributed by atoms with E-state index in [2.05, 4.69) is 0 Å². The minimum Gasteiger partial charge on any atom is -0.399 e. The molecule has 2 rings (SSSR count). The van der Waals surface area contributed by atoms with Crippen molar-refractivity contribution >= 4 is 23.9 Å². The molecule has 0 aliphatic rings. The second-order valence-electron chi connectivity index (χ2n) is 4.12. The summed E-state index contributed by atoms with van der Waals surface area (Å²) >= 11 is 0. The van der Waals surface area contributed by atoms with Crippen LogP contribution >= 0.6 is 12.4 Å². The van der Waals surface area contributed by atoms with Gasteiger partial charge in [0.2, 0.25) is 0 Å². The lowest BCUT2D eigenvalue weighted by Crippen LogP contribution is -2.10. The molecule has 2 N–H and O–H groups in total. The van der Waals surface area contributed by atoms with Gasteiger partial charge in [-0.3, -0.25) is 4.79 Å². The average molecular weight is 262 g/mol. The van der Waals surface area contributed by atoms with E-state index in [1.165, 1.54) is 0 Å². The SMILES string of the molecule is CC(=O)C(c1ccccc1)c1ccc(N)cc1.Cl. The van der Waals surface area contributed by atoms with Gasteiger partial charge in [-0.1, -0.05) is 42.5 Å². The van der Waals surface area contributed by atoms with Crippen LogP contribution in [0.25, 0.3) is 0 Å². The molecule has 0 bridgehead atoms. The summed E-state index contributed by atoms with van der Waals surface area (Å²) in [6.45, 7) is 1.62. The molecule has 1 atom stereocenters. The minimum absolute atomic E-state index is 0. The van der Waals surface area contributed by atoms with Gasteiger partial charge in [0.1, 0.15) is 5.78 Å². The van der Waals surface area contributed by atoms with Crippen molar-refractivity contribution in [1.82, 2.24) is 0 Å². The number of benzene rings is 2. The highest BCUT2D eigenvalue weighted by molar-refractivity contribution is 5.87. The van der Waals surface area contributed by atoms with Gasteiger partial charge in [-0.05, 0) is 30.2 Å². The first-order chi connectivity index (χ1) is 8.18. The highest BCUT2D eigenvalue weighted by atomic mass is 35.5. The lowest BCUT2D eigenvalue weighted by atomic mass is 9.88. The molecule has 18 heavy (non-hydrogen) atoms. The molecule has 0 aliphatic carbocycles. The van der Waals surface area contributed by atoms with E-state index in [0.29, 0.717) is 5.69 Å². The third-order valence-corrected chi connectivity index (χ3v) is 2.81. The van der Waals surface area contributed by atoms with E-state index >= 15 is 0 Å². The summed E-state index contributed by atoms with van der Waals surface area (Å²) in [7, 11) is 0. The standard InChI is InChI=1S/C15H15NO.ClH/c1-11(17)15(12-5-3-2-4-6-12)13-7-9-14(16)10-8-13;/h2-10,15H,16H2,1H3;1H. The normalized spacial score (nSPS) is 11.4. The fourth-order valence-corrected chi connectivity index (χ4v) is 2.00. The Hall–Kier alpha value is -1.80. The molecular weight excluding hydrogens is 246 g/mol. The van der Waals surface area contributed by atoms with Crippen molar-refractivity contribution in [2.45, 2.75) is 12.8 Å². The first-order valence-electron chi connectivity index (χ1n) is 5.59. The zero-order valence-corrected chi connectivity index (χ0v) is 11.0. The quantitative estimate of drug-likeness (QED) is 0.861. The summed E-state index contributed by atoms with van der Waals surface area (Å²) in [6.07, 6.45) is 0. The van der Waals surface area contributed by atoms with Crippen LogP contribution in [0.5, 0.6) is 0 Å². The lowest BCUT2D eigenvalue weighted by molar-refractivity contribution is -0.117. The Kier molecular flexibility index (Phi) is 4.93. The monoisotopic (exact) mass is 261 g/mol. The number of carbonyl (C=O) groups is 1. The Morgan fingerprint density at radius 2 is 1.44 bits per heavy atom. The molecule has 0 saturated carbocycles. The topological polar surface area (TPSA) is 43.1 Å². The third-order valence-electron chi connectivity index (χ3n) is 2.81.